The number of hydrogen-bond donors (Lipinski definition) is 1. The summed E-state index contributed by atoms with van der Waals surface area (Å²) in [6, 6.07) is 0. The predicted octanol–water partition coefficient (Wildman–Crippen LogP) is 0.425. The summed E-state index contributed by atoms with van der Waals surface area (Å²) in [5.41, 5.74) is -0.386. The van der Waals surface area contributed by atoms with Gasteiger partial charge in [0, 0.05) is 19.6 Å². The van der Waals surface area contributed by atoms with Crippen molar-refractivity contribution in [3.8, 4) is 0 Å². The van der Waals surface area contributed by atoms with Gasteiger partial charge < -0.3 is 10.1 Å². The lowest BCUT2D eigenvalue weighted by Gasteiger charge is -2.38. The molecule has 0 aromatic rings. The van der Waals surface area contributed by atoms with Crippen molar-refractivity contribution >= 4 is 10.0 Å². The molecule has 0 spiro atoms. The molecule has 0 aromatic heterocycles. The molecule has 1 aliphatic heterocycles. The maximum atomic E-state index is 12.3. The largest absolute Gasteiger partial charge is 0.373 e. The molecule has 0 aromatic carbocycles. The van der Waals surface area contributed by atoms with Gasteiger partial charge in [0.2, 0.25) is 10.0 Å². The standard InChI is InChI=1S/C11H24N2O3S/c1-5-12-8-10(2)17(14,15)13-6-7-16-11(3,4)9-13/h10,12H,5-9H2,1-4H3. The van der Waals surface area contributed by atoms with Crippen molar-refractivity contribution in [1.82, 2.24) is 9.62 Å². The van der Waals surface area contributed by atoms with Crippen molar-refractivity contribution in [3.63, 3.8) is 0 Å². The Morgan fingerprint density at radius 1 is 1.47 bits per heavy atom. The number of nitrogens with one attached hydrogen (secondary N) is 1. The monoisotopic (exact) mass is 264 g/mol. The Bertz CT molecular complexity index is 341. The number of sulfonamides is 1. The first-order chi connectivity index (χ1) is 7.79. The average molecular weight is 264 g/mol. The van der Waals surface area contributed by atoms with Crippen LogP contribution in [0.2, 0.25) is 0 Å². The molecule has 1 aliphatic rings. The fourth-order valence-electron chi connectivity index (χ4n) is 1.90. The highest BCUT2D eigenvalue weighted by atomic mass is 32.2. The summed E-state index contributed by atoms with van der Waals surface area (Å²) in [5.74, 6) is 0. The van der Waals surface area contributed by atoms with E-state index in [2.05, 4.69) is 5.32 Å². The molecular weight excluding hydrogens is 240 g/mol. The number of rotatable bonds is 5. The summed E-state index contributed by atoms with van der Waals surface area (Å²) in [5, 5.41) is 2.68. The van der Waals surface area contributed by atoms with E-state index in [0.717, 1.165) is 6.54 Å². The minimum absolute atomic E-state index is 0.386. The van der Waals surface area contributed by atoms with E-state index in [1.165, 1.54) is 0 Å². The number of morpholine rings is 1. The molecule has 1 heterocycles. The molecule has 0 aliphatic carbocycles. The molecule has 1 saturated heterocycles. The summed E-state index contributed by atoms with van der Waals surface area (Å²) < 4.78 is 31.7. The smallest absolute Gasteiger partial charge is 0.218 e. The summed E-state index contributed by atoms with van der Waals surface area (Å²) in [6.07, 6.45) is 0. The Labute approximate surface area is 105 Å². The lowest BCUT2D eigenvalue weighted by atomic mass is 10.1. The fourth-order valence-corrected chi connectivity index (χ4v) is 3.56. The maximum absolute atomic E-state index is 12.3. The van der Waals surface area contributed by atoms with Crippen LogP contribution in [0.1, 0.15) is 27.7 Å². The quantitative estimate of drug-likeness (QED) is 0.782. The van der Waals surface area contributed by atoms with Gasteiger partial charge >= 0.3 is 0 Å². The van der Waals surface area contributed by atoms with Gasteiger partial charge in [-0.05, 0) is 27.3 Å². The van der Waals surface area contributed by atoms with Gasteiger partial charge in [-0.3, -0.25) is 0 Å². The molecule has 5 nitrogen and oxygen atoms in total. The Kier molecular flexibility index (Phi) is 4.95. The van der Waals surface area contributed by atoms with Crippen molar-refractivity contribution < 1.29 is 13.2 Å². The van der Waals surface area contributed by atoms with E-state index in [1.54, 1.807) is 11.2 Å². The first-order valence-corrected chi connectivity index (χ1v) is 7.63. The molecule has 1 unspecified atom stereocenters. The Morgan fingerprint density at radius 3 is 2.65 bits per heavy atom. The normalized spacial score (nSPS) is 23.5. The van der Waals surface area contributed by atoms with Gasteiger partial charge in [-0.2, -0.15) is 4.31 Å². The van der Waals surface area contributed by atoms with E-state index in [4.69, 9.17) is 4.74 Å². The third-order valence-corrected chi connectivity index (χ3v) is 5.16. The Hall–Kier alpha value is -0.170. The van der Waals surface area contributed by atoms with Crippen LogP contribution in [0.3, 0.4) is 0 Å². The highest BCUT2D eigenvalue weighted by Gasteiger charge is 2.36. The zero-order chi connectivity index (χ0) is 13.1. The van der Waals surface area contributed by atoms with Crippen LogP contribution in [0.15, 0.2) is 0 Å². The summed E-state index contributed by atoms with van der Waals surface area (Å²) in [6.45, 7) is 10.2. The van der Waals surface area contributed by atoms with Crippen molar-refractivity contribution in [2.75, 3.05) is 32.8 Å². The van der Waals surface area contributed by atoms with Crippen LogP contribution in [-0.4, -0.2) is 56.4 Å². The van der Waals surface area contributed by atoms with Crippen LogP contribution >= 0.6 is 0 Å². The summed E-state index contributed by atoms with van der Waals surface area (Å²) >= 11 is 0. The average Bonchev–Trinajstić information content (AvgIpc) is 2.24. The van der Waals surface area contributed by atoms with E-state index in [0.29, 0.717) is 26.2 Å². The van der Waals surface area contributed by atoms with E-state index in [9.17, 15) is 8.42 Å². The zero-order valence-electron chi connectivity index (χ0n) is 11.2. The van der Waals surface area contributed by atoms with Crippen LogP contribution < -0.4 is 5.32 Å². The third-order valence-electron chi connectivity index (χ3n) is 2.94. The fraction of sp³-hybridized carbons (Fsp3) is 1.00. The first-order valence-electron chi connectivity index (χ1n) is 6.13. The van der Waals surface area contributed by atoms with Gasteiger partial charge in [0.15, 0.2) is 0 Å². The van der Waals surface area contributed by atoms with E-state index < -0.39 is 15.3 Å². The van der Waals surface area contributed by atoms with Crippen LogP contribution in [0.4, 0.5) is 0 Å². The minimum Gasteiger partial charge on any atom is -0.373 e. The molecule has 1 fully saturated rings. The van der Waals surface area contributed by atoms with Crippen molar-refractivity contribution in [2.24, 2.45) is 0 Å². The van der Waals surface area contributed by atoms with Crippen molar-refractivity contribution in [1.29, 1.82) is 0 Å². The van der Waals surface area contributed by atoms with Gasteiger partial charge in [0.25, 0.3) is 0 Å². The Balaban J connectivity index is 2.69. The van der Waals surface area contributed by atoms with Gasteiger partial charge in [-0.25, -0.2) is 8.42 Å². The van der Waals surface area contributed by atoms with Crippen LogP contribution in [0.25, 0.3) is 0 Å². The summed E-state index contributed by atoms with van der Waals surface area (Å²) in [4.78, 5) is 0. The maximum Gasteiger partial charge on any atom is 0.218 e. The number of nitrogens with zero attached hydrogens (tertiary/aromatic N) is 1. The second kappa shape index (κ2) is 5.65. The molecule has 102 valence electrons. The molecule has 1 rings (SSSR count). The molecule has 6 heteroatoms. The first kappa shape index (κ1) is 14.9. The highest BCUT2D eigenvalue weighted by molar-refractivity contribution is 7.89. The van der Waals surface area contributed by atoms with Gasteiger partial charge in [-0.1, -0.05) is 6.92 Å². The van der Waals surface area contributed by atoms with E-state index in [1.807, 2.05) is 20.8 Å². The molecule has 1 N–H and O–H groups in total. The zero-order valence-corrected chi connectivity index (χ0v) is 12.0. The highest BCUT2D eigenvalue weighted by Crippen LogP contribution is 2.20. The molecule has 1 atom stereocenters. The molecule has 0 saturated carbocycles. The number of hydrogen-bond acceptors (Lipinski definition) is 4. The molecule has 0 radical (unpaired) electrons. The van der Waals surface area contributed by atoms with E-state index in [-0.39, 0.29) is 5.60 Å². The summed E-state index contributed by atoms with van der Waals surface area (Å²) in [7, 11) is -3.21. The van der Waals surface area contributed by atoms with E-state index >= 15 is 0 Å². The van der Waals surface area contributed by atoms with Crippen LogP contribution in [-0.2, 0) is 14.8 Å². The number of ether oxygens (including phenoxy) is 1. The second-order valence-corrected chi connectivity index (χ2v) is 7.46. The minimum atomic E-state index is -3.21. The third kappa shape index (κ3) is 3.91. The lowest BCUT2D eigenvalue weighted by molar-refractivity contribution is -0.0642. The Morgan fingerprint density at radius 2 is 2.12 bits per heavy atom. The topological polar surface area (TPSA) is 58.6 Å². The molecule has 0 amide bonds. The van der Waals surface area contributed by atoms with Crippen molar-refractivity contribution in [2.45, 2.75) is 38.5 Å². The van der Waals surface area contributed by atoms with Gasteiger partial charge in [0.05, 0.1) is 17.5 Å². The molecule has 17 heavy (non-hydrogen) atoms. The molecular formula is C11H24N2O3S. The lowest BCUT2D eigenvalue weighted by Crippen LogP contribution is -2.53. The van der Waals surface area contributed by atoms with Gasteiger partial charge in [-0.15, -0.1) is 0 Å². The second-order valence-electron chi connectivity index (χ2n) is 5.10. The van der Waals surface area contributed by atoms with Crippen LogP contribution in [0, 0.1) is 0 Å². The molecule has 0 bridgehead atoms. The SMILES string of the molecule is CCNCC(C)S(=O)(=O)N1CCOC(C)(C)C1. The van der Waals surface area contributed by atoms with Crippen LogP contribution in [0.5, 0.6) is 0 Å². The predicted molar refractivity (Wildman–Crippen MR) is 68.5 cm³/mol. The van der Waals surface area contributed by atoms with Crippen molar-refractivity contribution in [3.05, 3.63) is 0 Å². The van der Waals surface area contributed by atoms with Gasteiger partial charge in [0.1, 0.15) is 0 Å².